The Morgan fingerprint density at radius 3 is 2.31 bits per heavy atom. The number of rotatable bonds is 9. The van der Waals surface area contributed by atoms with Crippen LogP contribution in [0.5, 0.6) is 5.75 Å². The molecule has 1 aliphatic rings. The largest absolute Gasteiger partial charge is 0.497 e. The number of sulfonamides is 1. The van der Waals surface area contributed by atoms with Gasteiger partial charge in [-0.25, -0.2) is 13.2 Å². The highest BCUT2D eigenvalue weighted by Crippen LogP contribution is 2.28. The number of ether oxygens (including phenoxy) is 2. The second kappa shape index (κ2) is 11.7. The molecular weight excluding hydrogens is 468 g/mol. The minimum absolute atomic E-state index is 0.0569. The third-order valence-corrected chi connectivity index (χ3v) is 8.44. The van der Waals surface area contributed by atoms with Crippen molar-refractivity contribution in [3.05, 3.63) is 59.7 Å². The van der Waals surface area contributed by atoms with Crippen LogP contribution in [-0.2, 0) is 26.1 Å². The van der Waals surface area contributed by atoms with Crippen LogP contribution in [0.15, 0.2) is 53.4 Å². The molecule has 0 N–H and O–H groups in total. The van der Waals surface area contributed by atoms with Crippen LogP contribution in [0.1, 0.15) is 49.0 Å². The van der Waals surface area contributed by atoms with E-state index in [0.29, 0.717) is 30.8 Å². The number of carbonyl (C=O) groups is 2. The second-order valence-electron chi connectivity index (χ2n) is 8.80. The molecule has 1 fully saturated rings. The summed E-state index contributed by atoms with van der Waals surface area (Å²) >= 11 is 0. The summed E-state index contributed by atoms with van der Waals surface area (Å²) in [5.41, 5.74) is 1.13. The summed E-state index contributed by atoms with van der Waals surface area (Å²) in [6.07, 6.45) is 2.11. The predicted molar refractivity (Wildman–Crippen MR) is 133 cm³/mol. The molecule has 2 unspecified atom stereocenters. The van der Waals surface area contributed by atoms with Crippen molar-refractivity contribution in [1.82, 2.24) is 9.21 Å². The van der Waals surface area contributed by atoms with E-state index in [0.717, 1.165) is 18.4 Å². The molecule has 0 aromatic heterocycles. The number of hydrogen-bond acceptors (Lipinski definition) is 6. The summed E-state index contributed by atoms with van der Waals surface area (Å²) in [6, 6.07) is 12.6. The van der Waals surface area contributed by atoms with Crippen molar-refractivity contribution < 1.29 is 27.5 Å². The summed E-state index contributed by atoms with van der Waals surface area (Å²) in [7, 11) is -1.04. The molecule has 8 nitrogen and oxygen atoms in total. The standard InChI is InChI=1S/C26H34N2O6S/c1-5-19(2)25(29)27-16-6-7-22(18-27)28(17-20-8-10-21(11-9-20)26(30)34-4)35(31,32)24-14-12-23(33-3)13-15-24/h8-15,19,22H,5-7,16-18H2,1-4H3. The zero-order valence-corrected chi connectivity index (χ0v) is 21.6. The Morgan fingerprint density at radius 2 is 1.74 bits per heavy atom. The van der Waals surface area contributed by atoms with E-state index in [1.807, 2.05) is 13.8 Å². The summed E-state index contributed by atoms with van der Waals surface area (Å²) in [4.78, 5) is 26.6. The van der Waals surface area contributed by atoms with Gasteiger partial charge in [0.05, 0.1) is 24.7 Å². The number of amides is 1. The van der Waals surface area contributed by atoms with E-state index in [-0.39, 0.29) is 29.3 Å². The fourth-order valence-corrected chi connectivity index (χ4v) is 5.85. The highest BCUT2D eigenvalue weighted by molar-refractivity contribution is 7.89. The third kappa shape index (κ3) is 6.21. The van der Waals surface area contributed by atoms with E-state index < -0.39 is 16.0 Å². The van der Waals surface area contributed by atoms with Crippen LogP contribution in [0.3, 0.4) is 0 Å². The molecule has 0 radical (unpaired) electrons. The Morgan fingerprint density at radius 1 is 1.09 bits per heavy atom. The van der Waals surface area contributed by atoms with Crippen LogP contribution in [0.25, 0.3) is 0 Å². The van der Waals surface area contributed by atoms with Gasteiger partial charge in [-0.3, -0.25) is 4.79 Å². The van der Waals surface area contributed by atoms with E-state index in [4.69, 9.17) is 9.47 Å². The summed E-state index contributed by atoms with van der Waals surface area (Å²) in [5.74, 6) is 0.0651. The maximum atomic E-state index is 13.8. The summed E-state index contributed by atoms with van der Waals surface area (Å²) in [6.45, 7) is 4.97. The van der Waals surface area contributed by atoms with Crippen molar-refractivity contribution in [2.75, 3.05) is 27.3 Å². The average Bonchev–Trinajstić information content (AvgIpc) is 2.90. The highest BCUT2D eigenvalue weighted by atomic mass is 32.2. The molecule has 9 heteroatoms. The van der Waals surface area contributed by atoms with E-state index >= 15 is 0 Å². The SMILES string of the molecule is CCC(C)C(=O)N1CCCC(N(Cc2ccc(C(=O)OC)cc2)S(=O)(=O)c2ccc(OC)cc2)C1. The van der Waals surface area contributed by atoms with Gasteiger partial charge in [-0.2, -0.15) is 4.31 Å². The van der Waals surface area contributed by atoms with Crippen LogP contribution in [0.4, 0.5) is 0 Å². The molecule has 2 aromatic rings. The van der Waals surface area contributed by atoms with E-state index in [1.54, 1.807) is 41.3 Å². The predicted octanol–water partition coefficient (Wildman–Crippen LogP) is 3.71. The number of piperidine rings is 1. The number of benzene rings is 2. The molecule has 0 aliphatic carbocycles. The van der Waals surface area contributed by atoms with Gasteiger partial charge in [-0.1, -0.05) is 26.0 Å². The molecular formula is C26H34N2O6S. The third-order valence-electron chi connectivity index (χ3n) is 6.53. The minimum Gasteiger partial charge on any atom is -0.497 e. The van der Waals surface area contributed by atoms with Crippen LogP contribution < -0.4 is 4.74 Å². The van der Waals surface area contributed by atoms with Crippen molar-refractivity contribution in [3.8, 4) is 5.75 Å². The lowest BCUT2D eigenvalue weighted by Gasteiger charge is -2.39. The molecule has 3 rings (SSSR count). The van der Waals surface area contributed by atoms with E-state index in [2.05, 4.69) is 0 Å². The van der Waals surface area contributed by atoms with Crippen molar-refractivity contribution in [2.24, 2.45) is 5.92 Å². The van der Waals surface area contributed by atoms with Gasteiger partial charge in [-0.05, 0) is 61.2 Å². The maximum absolute atomic E-state index is 13.8. The number of likely N-dealkylation sites (tertiary alicyclic amines) is 1. The van der Waals surface area contributed by atoms with E-state index in [1.165, 1.54) is 30.7 Å². The van der Waals surface area contributed by atoms with Gasteiger partial charge >= 0.3 is 5.97 Å². The Bertz CT molecular complexity index is 1120. The fourth-order valence-electron chi connectivity index (χ4n) is 4.21. The van der Waals surface area contributed by atoms with Gasteiger partial charge in [0.15, 0.2) is 0 Å². The monoisotopic (exact) mass is 502 g/mol. The van der Waals surface area contributed by atoms with Crippen LogP contribution in [0.2, 0.25) is 0 Å². The highest BCUT2D eigenvalue weighted by Gasteiger charge is 2.36. The van der Waals surface area contributed by atoms with Gasteiger partial charge in [0, 0.05) is 31.6 Å². The lowest BCUT2D eigenvalue weighted by Crippen LogP contribution is -2.52. The smallest absolute Gasteiger partial charge is 0.337 e. The Balaban J connectivity index is 1.94. The van der Waals surface area contributed by atoms with Crippen LogP contribution in [-0.4, -0.2) is 62.9 Å². The zero-order valence-electron chi connectivity index (χ0n) is 20.8. The number of carbonyl (C=O) groups excluding carboxylic acids is 2. The van der Waals surface area contributed by atoms with Gasteiger partial charge in [0.2, 0.25) is 15.9 Å². The molecule has 190 valence electrons. The fraction of sp³-hybridized carbons (Fsp3) is 0.462. The molecule has 1 amide bonds. The first kappa shape index (κ1) is 26.7. The molecule has 1 saturated heterocycles. The molecule has 2 atom stereocenters. The summed E-state index contributed by atoms with van der Waals surface area (Å²) < 4.78 is 39.1. The first-order valence-corrected chi connectivity index (χ1v) is 13.3. The maximum Gasteiger partial charge on any atom is 0.337 e. The van der Waals surface area contributed by atoms with Gasteiger partial charge in [0.25, 0.3) is 0 Å². The quantitative estimate of drug-likeness (QED) is 0.486. The average molecular weight is 503 g/mol. The molecule has 1 aliphatic heterocycles. The molecule has 35 heavy (non-hydrogen) atoms. The molecule has 0 bridgehead atoms. The second-order valence-corrected chi connectivity index (χ2v) is 10.7. The summed E-state index contributed by atoms with van der Waals surface area (Å²) in [5, 5.41) is 0. The van der Waals surface area contributed by atoms with Gasteiger partial charge < -0.3 is 14.4 Å². The normalized spacial score (nSPS) is 17.2. The number of methoxy groups -OCH3 is 2. The Hall–Kier alpha value is -2.91. The van der Waals surface area contributed by atoms with Crippen molar-refractivity contribution in [2.45, 2.75) is 50.6 Å². The molecule has 2 aromatic carbocycles. The molecule has 0 saturated carbocycles. The van der Waals surface area contributed by atoms with Gasteiger partial charge in [-0.15, -0.1) is 0 Å². The minimum atomic E-state index is -3.88. The molecule has 0 spiro atoms. The number of hydrogen-bond donors (Lipinski definition) is 0. The first-order valence-electron chi connectivity index (χ1n) is 11.8. The zero-order chi connectivity index (χ0) is 25.6. The lowest BCUT2D eigenvalue weighted by atomic mass is 10.0. The topological polar surface area (TPSA) is 93.2 Å². The van der Waals surface area contributed by atoms with Crippen molar-refractivity contribution >= 4 is 21.9 Å². The van der Waals surface area contributed by atoms with Crippen LogP contribution >= 0.6 is 0 Å². The Labute approximate surface area is 207 Å². The van der Waals surface area contributed by atoms with Crippen molar-refractivity contribution in [3.63, 3.8) is 0 Å². The first-order chi connectivity index (χ1) is 16.7. The van der Waals surface area contributed by atoms with E-state index in [9.17, 15) is 18.0 Å². The lowest BCUT2D eigenvalue weighted by molar-refractivity contribution is -0.136. The number of esters is 1. The van der Waals surface area contributed by atoms with Crippen LogP contribution in [0, 0.1) is 5.92 Å². The van der Waals surface area contributed by atoms with Crippen molar-refractivity contribution in [1.29, 1.82) is 0 Å². The Kier molecular flexibility index (Phi) is 8.91. The van der Waals surface area contributed by atoms with Gasteiger partial charge in [0.1, 0.15) is 5.75 Å². The number of nitrogens with zero attached hydrogens (tertiary/aromatic N) is 2. The molecule has 1 heterocycles.